The lowest BCUT2D eigenvalue weighted by molar-refractivity contribution is -0.118. The van der Waals surface area contributed by atoms with E-state index in [2.05, 4.69) is 17.0 Å². The van der Waals surface area contributed by atoms with Gasteiger partial charge >= 0.3 is 0 Å². The Morgan fingerprint density at radius 3 is 2.71 bits per heavy atom. The van der Waals surface area contributed by atoms with Gasteiger partial charge in [-0.1, -0.05) is 35.6 Å². The van der Waals surface area contributed by atoms with Gasteiger partial charge in [-0.3, -0.25) is 14.6 Å². The Balaban J connectivity index is 0.00000342. The number of thioether (sulfide) groups is 1. The van der Waals surface area contributed by atoms with Crippen molar-refractivity contribution in [3.63, 3.8) is 0 Å². The molecule has 0 unspecified atom stereocenters. The van der Waals surface area contributed by atoms with E-state index < -0.39 is 0 Å². The molecule has 35 heavy (non-hydrogen) atoms. The number of amides is 1. The fourth-order valence-electron chi connectivity index (χ4n) is 3.97. The van der Waals surface area contributed by atoms with Gasteiger partial charge in [-0.05, 0) is 49.8 Å². The van der Waals surface area contributed by atoms with Gasteiger partial charge in [-0.2, -0.15) is 0 Å². The van der Waals surface area contributed by atoms with Crippen LogP contribution in [-0.2, 0) is 9.53 Å². The van der Waals surface area contributed by atoms with Gasteiger partial charge in [0.25, 0.3) is 0 Å². The zero-order valence-electron chi connectivity index (χ0n) is 20.2. The lowest BCUT2D eigenvalue weighted by Crippen LogP contribution is -2.39. The molecule has 0 atom stereocenters. The maximum Gasteiger partial charge on any atom is 0.228 e. The van der Waals surface area contributed by atoms with Crippen molar-refractivity contribution in [1.82, 2.24) is 9.88 Å². The number of nitrogens with zero attached hydrogens (tertiary/aromatic N) is 3. The highest BCUT2D eigenvalue weighted by Crippen LogP contribution is 2.34. The fourth-order valence-corrected chi connectivity index (χ4v) is 5.87. The third-order valence-corrected chi connectivity index (χ3v) is 7.85. The standard InChI is InChI=1S/C26H33N3O3S2.ClH/c1-2-32-22-11-6-12-23-25(22)27-26(34-23)29(15-8-14-28-16-18-31-19-17-28)24(30)13-7-20-33-21-9-4-3-5-10-21;/h3-6,9-12H,2,7-8,13-20H2,1H3;1H. The number of fused-ring (bicyclic) bond motifs is 1. The van der Waals surface area contributed by atoms with E-state index in [1.165, 1.54) is 4.90 Å². The third kappa shape index (κ3) is 8.08. The van der Waals surface area contributed by atoms with Crippen molar-refractivity contribution in [2.24, 2.45) is 0 Å². The van der Waals surface area contributed by atoms with Crippen LogP contribution in [0.2, 0.25) is 0 Å². The van der Waals surface area contributed by atoms with Crippen molar-refractivity contribution >= 4 is 56.8 Å². The highest BCUT2D eigenvalue weighted by atomic mass is 35.5. The van der Waals surface area contributed by atoms with Crippen molar-refractivity contribution in [2.45, 2.75) is 31.1 Å². The molecule has 0 N–H and O–H groups in total. The average molecular weight is 536 g/mol. The second kappa shape index (κ2) is 14.7. The summed E-state index contributed by atoms with van der Waals surface area (Å²) in [6.07, 6.45) is 2.28. The van der Waals surface area contributed by atoms with Gasteiger partial charge in [0.05, 0.1) is 24.5 Å². The summed E-state index contributed by atoms with van der Waals surface area (Å²) in [6, 6.07) is 16.3. The van der Waals surface area contributed by atoms with Crippen molar-refractivity contribution in [3.8, 4) is 5.75 Å². The summed E-state index contributed by atoms with van der Waals surface area (Å²) in [5, 5.41) is 0.768. The molecule has 2 aromatic carbocycles. The molecule has 1 aliphatic rings. The first kappa shape index (κ1) is 27.7. The highest BCUT2D eigenvalue weighted by Gasteiger charge is 2.21. The van der Waals surface area contributed by atoms with Crippen LogP contribution in [-0.4, -0.2) is 67.5 Å². The van der Waals surface area contributed by atoms with E-state index in [4.69, 9.17) is 14.5 Å². The Bertz CT molecular complexity index is 1040. The molecule has 6 nitrogen and oxygen atoms in total. The van der Waals surface area contributed by atoms with Crippen molar-refractivity contribution in [3.05, 3.63) is 48.5 Å². The monoisotopic (exact) mass is 535 g/mol. The Labute approximate surface area is 222 Å². The predicted octanol–water partition coefficient (Wildman–Crippen LogP) is 5.74. The van der Waals surface area contributed by atoms with E-state index in [9.17, 15) is 4.79 Å². The van der Waals surface area contributed by atoms with Crippen LogP contribution in [0.1, 0.15) is 26.2 Å². The van der Waals surface area contributed by atoms with Gasteiger partial charge in [-0.25, -0.2) is 4.98 Å². The van der Waals surface area contributed by atoms with E-state index >= 15 is 0 Å². The lowest BCUT2D eigenvalue weighted by Gasteiger charge is -2.27. The average Bonchev–Trinajstić information content (AvgIpc) is 3.31. The minimum Gasteiger partial charge on any atom is -0.492 e. The van der Waals surface area contributed by atoms with Crippen LogP contribution in [0, 0.1) is 0 Å². The number of rotatable bonds is 12. The summed E-state index contributed by atoms with van der Waals surface area (Å²) in [5.41, 5.74) is 0.843. The number of morpholine rings is 1. The molecule has 2 heterocycles. The van der Waals surface area contributed by atoms with Crippen molar-refractivity contribution in [2.75, 3.05) is 56.7 Å². The summed E-state index contributed by atoms with van der Waals surface area (Å²) < 4.78 is 12.3. The lowest BCUT2D eigenvalue weighted by atomic mass is 10.2. The topological polar surface area (TPSA) is 54.9 Å². The number of anilines is 1. The van der Waals surface area contributed by atoms with Gasteiger partial charge < -0.3 is 9.47 Å². The first-order chi connectivity index (χ1) is 16.7. The molecular weight excluding hydrogens is 502 g/mol. The molecule has 1 aromatic heterocycles. The second-order valence-corrected chi connectivity index (χ2v) is 10.3. The van der Waals surface area contributed by atoms with Crippen molar-refractivity contribution < 1.29 is 14.3 Å². The number of hydrogen-bond donors (Lipinski definition) is 0. The predicted molar refractivity (Wildman–Crippen MR) is 149 cm³/mol. The van der Waals surface area contributed by atoms with Crippen LogP contribution < -0.4 is 9.64 Å². The zero-order valence-corrected chi connectivity index (χ0v) is 22.6. The molecule has 0 radical (unpaired) electrons. The fraction of sp³-hybridized carbons (Fsp3) is 0.462. The van der Waals surface area contributed by atoms with E-state index in [1.807, 2.05) is 48.2 Å². The number of ether oxygens (including phenoxy) is 2. The van der Waals surface area contributed by atoms with Crippen molar-refractivity contribution in [1.29, 1.82) is 0 Å². The van der Waals surface area contributed by atoms with E-state index in [1.54, 1.807) is 23.1 Å². The molecule has 1 amide bonds. The zero-order chi connectivity index (χ0) is 23.6. The second-order valence-electron chi connectivity index (χ2n) is 8.15. The summed E-state index contributed by atoms with van der Waals surface area (Å²) in [6.45, 7) is 7.71. The number of benzene rings is 2. The van der Waals surface area contributed by atoms with Crippen LogP contribution >= 0.6 is 35.5 Å². The van der Waals surface area contributed by atoms with E-state index in [0.29, 0.717) is 19.6 Å². The molecule has 0 saturated carbocycles. The summed E-state index contributed by atoms with van der Waals surface area (Å²) in [5.74, 6) is 1.85. The molecule has 0 aliphatic carbocycles. The molecule has 3 aromatic rings. The van der Waals surface area contributed by atoms with Crippen LogP contribution in [0.4, 0.5) is 5.13 Å². The van der Waals surface area contributed by atoms with Gasteiger partial charge in [0.1, 0.15) is 11.3 Å². The quantitative estimate of drug-likeness (QED) is 0.217. The number of halogens is 1. The maximum absolute atomic E-state index is 13.3. The molecule has 190 valence electrons. The molecule has 0 bridgehead atoms. The number of para-hydroxylation sites is 1. The number of carbonyl (C=O) groups is 1. The molecule has 4 rings (SSSR count). The minimum absolute atomic E-state index is 0. The Morgan fingerprint density at radius 2 is 1.94 bits per heavy atom. The van der Waals surface area contributed by atoms with Gasteiger partial charge in [-0.15, -0.1) is 24.2 Å². The van der Waals surface area contributed by atoms with E-state index in [0.717, 1.165) is 72.5 Å². The Hall–Kier alpha value is -1.84. The molecule has 1 aliphatic heterocycles. The van der Waals surface area contributed by atoms with Crippen LogP contribution in [0.25, 0.3) is 10.2 Å². The van der Waals surface area contributed by atoms with Gasteiger partial charge in [0.15, 0.2) is 5.13 Å². The van der Waals surface area contributed by atoms with Crippen LogP contribution in [0.15, 0.2) is 53.4 Å². The van der Waals surface area contributed by atoms with Crippen LogP contribution in [0.3, 0.4) is 0 Å². The summed E-state index contributed by atoms with van der Waals surface area (Å²) >= 11 is 3.37. The first-order valence-electron chi connectivity index (χ1n) is 12.1. The smallest absolute Gasteiger partial charge is 0.228 e. The Morgan fingerprint density at radius 1 is 1.14 bits per heavy atom. The number of aromatic nitrogens is 1. The summed E-state index contributed by atoms with van der Waals surface area (Å²) in [7, 11) is 0. The molecular formula is C26H34ClN3O3S2. The Kier molecular flexibility index (Phi) is 11.6. The highest BCUT2D eigenvalue weighted by molar-refractivity contribution is 7.99. The summed E-state index contributed by atoms with van der Waals surface area (Å²) in [4.78, 5) is 23.7. The number of carbonyl (C=O) groups excluding carboxylic acids is 1. The normalized spacial score (nSPS) is 14.0. The molecule has 1 saturated heterocycles. The first-order valence-corrected chi connectivity index (χ1v) is 13.9. The molecule has 1 fully saturated rings. The SMILES string of the molecule is CCOc1cccc2sc(N(CCCN3CCOCC3)C(=O)CCCSc3ccccc3)nc12.Cl. The molecule has 9 heteroatoms. The van der Waals surface area contributed by atoms with Gasteiger partial charge in [0.2, 0.25) is 5.91 Å². The van der Waals surface area contributed by atoms with E-state index in [-0.39, 0.29) is 18.3 Å². The largest absolute Gasteiger partial charge is 0.492 e. The molecule has 0 spiro atoms. The van der Waals surface area contributed by atoms with Gasteiger partial charge in [0, 0.05) is 37.5 Å². The maximum atomic E-state index is 13.3. The number of thiazole rings is 1. The van der Waals surface area contributed by atoms with Crippen LogP contribution in [0.5, 0.6) is 5.75 Å². The third-order valence-electron chi connectivity index (χ3n) is 5.71. The number of hydrogen-bond acceptors (Lipinski definition) is 7. The minimum atomic E-state index is 0.